The predicted octanol–water partition coefficient (Wildman–Crippen LogP) is 3.44. The summed E-state index contributed by atoms with van der Waals surface area (Å²) in [4.78, 5) is 30.3. The van der Waals surface area contributed by atoms with E-state index in [9.17, 15) is 19.8 Å². The summed E-state index contributed by atoms with van der Waals surface area (Å²) in [5.41, 5.74) is 0.460. The zero-order chi connectivity index (χ0) is 24.8. The molecule has 5 atom stereocenters. The van der Waals surface area contributed by atoms with E-state index >= 15 is 0 Å². The summed E-state index contributed by atoms with van der Waals surface area (Å²) in [5.74, 6) is -1.56. The molecule has 0 aromatic carbocycles. The van der Waals surface area contributed by atoms with Gasteiger partial charge in [0, 0.05) is 23.8 Å². The zero-order valence-corrected chi connectivity index (χ0v) is 21.3. The molecule has 1 aromatic rings. The average Bonchev–Trinajstić information content (AvgIpc) is 3.16. The van der Waals surface area contributed by atoms with Crippen LogP contribution in [0.5, 0.6) is 0 Å². The van der Waals surface area contributed by atoms with Crippen LogP contribution in [0.15, 0.2) is 23.1 Å². The molecule has 0 saturated heterocycles. The van der Waals surface area contributed by atoms with Gasteiger partial charge in [0.15, 0.2) is 0 Å². The molecule has 0 fully saturated rings. The maximum Gasteiger partial charge on any atom is 0.309 e. The first-order chi connectivity index (χ1) is 15.4. The van der Waals surface area contributed by atoms with Gasteiger partial charge in [-0.05, 0) is 45.4 Å². The van der Waals surface area contributed by atoms with Crippen molar-refractivity contribution in [2.24, 2.45) is 11.3 Å². The first-order valence-electron chi connectivity index (χ1n) is 11.5. The number of aliphatic hydroxyl groups excluding tert-OH is 2. The Kier molecular flexibility index (Phi) is 9.97. The van der Waals surface area contributed by atoms with E-state index in [0.29, 0.717) is 13.0 Å². The summed E-state index contributed by atoms with van der Waals surface area (Å²) < 4.78 is 5.74. The number of thiazole rings is 1. The van der Waals surface area contributed by atoms with Gasteiger partial charge in [0.25, 0.3) is 0 Å². The van der Waals surface area contributed by atoms with Crippen molar-refractivity contribution >= 4 is 29.2 Å². The summed E-state index contributed by atoms with van der Waals surface area (Å²) in [6.07, 6.45) is 4.17. The maximum atomic E-state index is 13.1. The van der Waals surface area contributed by atoms with Crippen molar-refractivity contribution < 1.29 is 24.5 Å². The Labute approximate surface area is 201 Å². The third-order valence-electron chi connectivity index (χ3n) is 6.35. The van der Waals surface area contributed by atoms with E-state index in [1.165, 1.54) is 0 Å². The van der Waals surface area contributed by atoms with E-state index in [4.69, 9.17) is 4.74 Å². The fourth-order valence-corrected chi connectivity index (χ4v) is 4.48. The molecule has 0 bridgehead atoms. The van der Waals surface area contributed by atoms with Crippen molar-refractivity contribution in [1.82, 2.24) is 10.3 Å². The molecule has 1 aliphatic heterocycles. The third kappa shape index (κ3) is 7.57. The molecule has 0 amide bonds. The Morgan fingerprint density at radius 2 is 1.97 bits per heavy atom. The Morgan fingerprint density at radius 1 is 1.27 bits per heavy atom. The second-order valence-electron chi connectivity index (χ2n) is 9.48. The van der Waals surface area contributed by atoms with E-state index in [1.807, 2.05) is 44.4 Å². The van der Waals surface area contributed by atoms with Crippen molar-refractivity contribution in [2.75, 3.05) is 6.54 Å². The van der Waals surface area contributed by atoms with Crippen molar-refractivity contribution in [3.05, 3.63) is 33.8 Å². The van der Waals surface area contributed by atoms with Gasteiger partial charge >= 0.3 is 5.97 Å². The maximum absolute atomic E-state index is 13.1. The number of hydrogen-bond acceptors (Lipinski definition) is 8. The Balaban J connectivity index is 2.27. The van der Waals surface area contributed by atoms with Gasteiger partial charge in [-0.15, -0.1) is 11.3 Å². The molecule has 0 saturated carbocycles. The molecular weight excluding hydrogens is 440 g/mol. The topological polar surface area (TPSA) is 109 Å². The molecule has 184 valence electrons. The molecule has 2 rings (SSSR count). The highest BCUT2D eigenvalue weighted by Crippen LogP contribution is 2.30. The van der Waals surface area contributed by atoms with Crippen LogP contribution in [0.25, 0.3) is 6.08 Å². The second-order valence-corrected chi connectivity index (χ2v) is 10.5. The molecule has 0 spiro atoms. The number of carbonyl (C=O) groups excluding carboxylic acids is 2. The van der Waals surface area contributed by atoms with Gasteiger partial charge in [0.2, 0.25) is 0 Å². The van der Waals surface area contributed by atoms with Gasteiger partial charge in [-0.2, -0.15) is 0 Å². The lowest BCUT2D eigenvalue weighted by Gasteiger charge is -2.34. The summed E-state index contributed by atoms with van der Waals surface area (Å²) in [5, 5.41) is 27.6. The number of hydrogen-bond donors (Lipinski definition) is 3. The number of rotatable bonds is 2. The number of aliphatic hydroxyl groups is 2. The van der Waals surface area contributed by atoms with Gasteiger partial charge < -0.3 is 20.3 Å². The molecule has 33 heavy (non-hydrogen) atoms. The van der Waals surface area contributed by atoms with Crippen LogP contribution in [0.4, 0.5) is 0 Å². The van der Waals surface area contributed by atoms with Gasteiger partial charge in [0.05, 0.1) is 34.7 Å². The number of ether oxygens (including phenoxy) is 1. The van der Waals surface area contributed by atoms with Gasteiger partial charge in [0.1, 0.15) is 11.9 Å². The molecular formula is C25H38N2O5S. The molecule has 0 aliphatic carbocycles. The lowest BCUT2D eigenvalue weighted by molar-refractivity contribution is -0.154. The molecule has 0 radical (unpaired) electrons. The minimum Gasteiger partial charge on any atom is -0.457 e. The summed E-state index contributed by atoms with van der Waals surface area (Å²) in [6.45, 7) is 11.2. The summed E-state index contributed by atoms with van der Waals surface area (Å²) in [7, 11) is 0. The van der Waals surface area contributed by atoms with Gasteiger partial charge in [-0.1, -0.05) is 32.9 Å². The van der Waals surface area contributed by atoms with Crippen LogP contribution in [0.1, 0.15) is 64.6 Å². The number of Topliss-reactive ketones (excluding diaryl/α,β-unsaturated/α-hetero) is 1. The summed E-state index contributed by atoms with van der Waals surface area (Å²) >= 11 is 1.55. The number of nitrogens with one attached hydrogen (secondary N) is 1. The van der Waals surface area contributed by atoms with Crippen LogP contribution in [-0.4, -0.2) is 57.8 Å². The van der Waals surface area contributed by atoms with Gasteiger partial charge in [-0.25, -0.2) is 4.98 Å². The SMILES string of the molecule is CC(=Cc1csc(C)n1)C1CC=CCCN[C@H](C)[C@H](O)[C@H](C)C(=O)C(C)(C)[C@@H](O)CC(=O)O1. The van der Waals surface area contributed by atoms with Crippen LogP contribution in [0.2, 0.25) is 0 Å². The third-order valence-corrected chi connectivity index (χ3v) is 7.15. The second kappa shape index (κ2) is 12.0. The first kappa shape index (κ1) is 27.4. The van der Waals surface area contributed by atoms with Crippen molar-refractivity contribution in [3.8, 4) is 0 Å². The first-order valence-corrected chi connectivity index (χ1v) is 12.4. The molecule has 7 nitrogen and oxygen atoms in total. The fourth-order valence-electron chi connectivity index (χ4n) is 3.91. The monoisotopic (exact) mass is 478 g/mol. The molecule has 8 heteroatoms. The van der Waals surface area contributed by atoms with Crippen molar-refractivity contribution in [3.63, 3.8) is 0 Å². The number of aromatic nitrogens is 1. The van der Waals surface area contributed by atoms with Crippen LogP contribution in [0, 0.1) is 18.3 Å². The smallest absolute Gasteiger partial charge is 0.309 e. The molecule has 1 unspecified atom stereocenters. The Hall–Kier alpha value is -1.87. The highest BCUT2D eigenvalue weighted by Gasteiger charge is 2.42. The van der Waals surface area contributed by atoms with Crippen LogP contribution < -0.4 is 5.32 Å². The number of aryl methyl sites for hydroxylation is 1. The highest BCUT2D eigenvalue weighted by atomic mass is 32.1. The number of nitrogens with zero attached hydrogens (tertiary/aromatic N) is 1. The lowest BCUT2D eigenvalue weighted by Crippen LogP contribution is -2.49. The minimum atomic E-state index is -1.23. The molecule has 3 N–H and O–H groups in total. The highest BCUT2D eigenvalue weighted by molar-refractivity contribution is 7.09. The minimum absolute atomic E-state index is 0.289. The largest absolute Gasteiger partial charge is 0.457 e. The molecule has 1 aliphatic rings. The molecule has 1 aromatic heterocycles. The van der Waals surface area contributed by atoms with E-state index in [1.54, 1.807) is 32.1 Å². The number of carbonyl (C=O) groups is 2. The van der Waals surface area contributed by atoms with Crippen LogP contribution in [-0.2, 0) is 14.3 Å². The fraction of sp³-hybridized carbons (Fsp3) is 0.640. The van der Waals surface area contributed by atoms with Crippen LogP contribution >= 0.6 is 11.3 Å². The van der Waals surface area contributed by atoms with E-state index in [2.05, 4.69) is 10.3 Å². The van der Waals surface area contributed by atoms with Gasteiger partial charge in [-0.3, -0.25) is 9.59 Å². The quantitative estimate of drug-likeness (QED) is 0.441. The van der Waals surface area contributed by atoms with Crippen molar-refractivity contribution in [1.29, 1.82) is 0 Å². The van der Waals surface area contributed by atoms with E-state index in [0.717, 1.165) is 22.7 Å². The Morgan fingerprint density at radius 3 is 2.61 bits per heavy atom. The molecule has 2 heterocycles. The Bertz CT molecular complexity index is 876. The number of ketones is 1. The number of cyclic esters (lactones) is 1. The standard InChI is InChI=1S/C25H38N2O5S/c1-15(12-19-14-33-18(4)27-19)20-10-8-7-9-11-26-17(3)23(30)16(2)24(31)25(5,6)21(28)13-22(29)32-20/h7-8,12,14,16-17,20-21,23,26,28,30H,9-11,13H2,1-6H3/t16-,17+,20?,21-,23+/m0/s1. The van der Waals surface area contributed by atoms with Crippen LogP contribution in [0.3, 0.4) is 0 Å². The van der Waals surface area contributed by atoms with E-state index in [-0.39, 0.29) is 18.2 Å². The van der Waals surface area contributed by atoms with Crippen molar-refractivity contribution in [2.45, 2.75) is 85.2 Å². The lowest BCUT2D eigenvalue weighted by atomic mass is 9.74. The zero-order valence-electron chi connectivity index (χ0n) is 20.5. The summed E-state index contributed by atoms with van der Waals surface area (Å²) in [6, 6.07) is -0.289. The average molecular weight is 479 g/mol. The normalized spacial score (nSPS) is 30.8. The number of esters is 1. The predicted molar refractivity (Wildman–Crippen MR) is 131 cm³/mol. The van der Waals surface area contributed by atoms with E-state index < -0.39 is 35.6 Å².